The maximum atomic E-state index is 5.70. The van der Waals surface area contributed by atoms with E-state index < -0.39 is 0 Å². The van der Waals surface area contributed by atoms with Crippen LogP contribution in [0.2, 0.25) is 0 Å². The molecule has 0 aliphatic carbocycles. The number of halogens is 1. The number of guanidine groups is 1. The Bertz CT molecular complexity index is 533. The number of hydrogen-bond donors (Lipinski definition) is 1. The summed E-state index contributed by atoms with van der Waals surface area (Å²) in [5.74, 6) is 1.61. The van der Waals surface area contributed by atoms with Gasteiger partial charge < -0.3 is 19.7 Å². The van der Waals surface area contributed by atoms with Gasteiger partial charge in [0.15, 0.2) is 5.96 Å². The number of rotatable bonds is 10. The molecule has 1 heterocycles. The summed E-state index contributed by atoms with van der Waals surface area (Å²) in [4.78, 5) is 8.55. The molecule has 0 saturated carbocycles. The largest absolute Gasteiger partial charge is 0.382 e. The molecule has 27 heavy (non-hydrogen) atoms. The van der Waals surface area contributed by atoms with E-state index >= 15 is 0 Å². The van der Waals surface area contributed by atoms with Gasteiger partial charge in [-0.1, -0.05) is 25.1 Å². The molecule has 0 radical (unpaired) electrons. The van der Waals surface area contributed by atoms with E-state index in [9.17, 15) is 0 Å². The van der Waals surface area contributed by atoms with Crippen LogP contribution in [0.25, 0.3) is 0 Å². The lowest BCUT2D eigenvalue weighted by Gasteiger charge is -2.22. The van der Waals surface area contributed by atoms with E-state index in [1.54, 1.807) is 7.11 Å². The van der Waals surface area contributed by atoms with Gasteiger partial charge in [0.1, 0.15) is 0 Å². The van der Waals surface area contributed by atoms with Gasteiger partial charge in [0.25, 0.3) is 0 Å². The number of methoxy groups -OCH3 is 1. The fourth-order valence-electron chi connectivity index (χ4n) is 2.96. The van der Waals surface area contributed by atoms with Crippen LogP contribution in [0, 0.1) is 5.92 Å². The first-order chi connectivity index (χ1) is 12.7. The van der Waals surface area contributed by atoms with Gasteiger partial charge in [0.05, 0.1) is 26.4 Å². The quantitative estimate of drug-likeness (QED) is 0.172. The molecule has 2 unspecified atom stereocenters. The van der Waals surface area contributed by atoms with Crippen molar-refractivity contribution in [3.05, 3.63) is 30.3 Å². The van der Waals surface area contributed by atoms with Crippen molar-refractivity contribution in [3.63, 3.8) is 0 Å². The zero-order chi connectivity index (χ0) is 18.6. The first kappa shape index (κ1) is 24.5. The fourth-order valence-corrected chi connectivity index (χ4v) is 3.89. The molecular formula is C20H34IN3O2S. The molecule has 1 aromatic carbocycles. The Morgan fingerprint density at radius 1 is 1.33 bits per heavy atom. The highest BCUT2D eigenvalue weighted by Crippen LogP contribution is 2.23. The first-order valence-electron chi connectivity index (χ1n) is 9.54. The van der Waals surface area contributed by atoms with E-state index in [4.69, 9.17) is 14.5 Å². The molecule has 2 atom stereocenters. The van der Waals surface area contributed by atoms with E-state index in [1.165, 1.54) is 4.90 Å². The average molecular weight is 507 g/mol. The summed E-state index contributed by atoms with van der Waals surface area (Å²) >= 11 is 1.88. The second kappa shape index (κ2) is 14.5. The number of nitrogens with zero attached hydrogens (tertiary/aromatic N) is 2. The minimum Gasteiger partial charge on any atom is -0.382 e. The van der Waals surface area contributed by atoms with Crippen molar-refractivity contribution < 1.29 is 9.47 Å². The Hall–Kier alpha value is -0.510. The summed E-state index contributed by atoms with van der Waals surface area (Å²) in [6.07, 6.45) is 1.16. The molecule has 1 saturated heterocycles. The number of thioether (sulfide) groups is 1. The zero-order valence-corrected chi connectivity index (χ0v) is 19.9. The minimum atomic E-state index is 0. The van der Waals surface area contributed by atoms with Crippen LogP contribution >= 0.6 is 35.7 Å². The monoisotopic (exact) mass is 507 g/mol. The molecule has 7 heteroatoms. The maximum absolute atomic E-state index is 5.70. The number of benzene rings is 1. The SMILES string of the molecule is CCNC(=NCC(C)Sc1ccccc1)N1CCC(COCCOC)C1.I. The smallest absolute Gasteiger partial charge is 0.193 e. The number of aliphatic imine (C=N–C) groups is 1. The molecule has 1 aliphatic heterocycles. The van der Waals surface area contributed by atoms with Crippen LogP contribution in [-0.2, 0) is 9.47 Å². The van der Waals surface area contributed by atoms with Gasteiger partial charge in [-0.05, 0) is 25.5 Å². The van der Waals surface area contributed by atoms with Crippen molar-refractivity contribution in [1.82, 2.24) is 10.2 Å². The van der Waals surface area contributed by atoms with Gasteiger partial charge in [-0.25, -0.2) is 0 Å². The Morgan fingerprint density at radius 2 is 2.11 bits per heavy atom. The highest BCUT2D eigenvalue weighted by Gasteiger charge is 2.25. The Balaban J connectivity index is 0.00000364. The number of ether oxygens (including phenoxy) is 2. The van der Waals surface area contributed by atoms with E-state index in [-0.39, 0.29) is 24.0 Å². The Kier molecular flexibility index (Phi) is 13.2. The zero-order valence-electron chi connectivity index (χ0n) is 16.7. The molecule has 1 fully saturated rings. The molecule has 0 amide bonds. The Morgan fingerprint density at radius 3 is 2.81 bits per heavy atom. The van der Waals surface area contributed by atoms with E-state index in [1.807, 2.05) is 11.8 Å². The fraction of sp³-hybridized carbons (Fsp3) is 0.650. The molecule has 2 rings (SSSR count). The first-order valence-corrected chi connectivity index (χ1v) is 10.4. The Labute approximate surface area is 185 Å². The van der Waals surface area contributed by atoms with E-state index in [2.05, 4.69) is 54.4 Å². The second-order valence-corrected chi connectivity index (χ2v) is 8.12. The van der Waals surface area contributed by atoms with Gasteiger partial charge in [0.2, 0.25) is 0 Å². The van der Waals surface area contributed by atoms with Crippen molar-refractivity contribution in [2.45, 2.75) is 30.4 Å². The maximum Gasteiger partial charge on any atom is 0.193 e. The van der Waals surface area contributed by atoms with Crippen LogP contribution in [0.1, 0.15) is 20.3 Å². The highest BCUT2D eigenvalue weighted by molar-refractivity contribution is 14.0. The minimum absolute atomic E-state index is 0. The van der Waals surface area contributed by atoms with Crippen molar-refractivity contribution in [2.75, 3.05) is 53.1 Å². The van der Waals surface area contributed by atoms with E-state index in [0.717, 1.165) is 45.2 Å². The molecule has 0 bridgehead atoms. The molecule has 0 spiro atoms. The summed E-state index contributed by atoms with van der Waals surface area (Å²) in [6, 6.07) is 10.5. The summed E-state index contributed by atoms with van der Waals surface area (Å²) < 4.78 is 10.7. The third-order valence-corrected chi connectivity index (χ3v) is 5.38. The molecule has 1 aliphatic rings. The third kappa shape index (κ3) is 9.49. The standard InChI is InChI=1S/C20H33N3O2S.HI/c1-4-21-20(22-14-17(2)26-19-8-6-5-7-9-19)23-11-10-18(15-23)16-25-13-12-24-3;/h5-9,17-18H,4,10-16H2,1-3H3,(H,21,22);1H. The van der Waals surface area contributed by atoms with Gasteiger partial charge in [-0.3, -0.25) is 4.99 Å². The van der Waals surface area contributed by atoms with Crippen molar-refractivity contribution >= 4 is 41.7 Å². The highest BCUT2D eigenvalue weighted by atomic mass is 127. The van der Waals surface area contributed by atoms with Crippen LogP contribution < -0.4 is 5.32 Å². The van der Waals surface area contributed by atoms with Crippen LogP contribution in [0.15, 0.2) is 40.2 Å². The van der Waals surface area contributed by atoms with Gasteiger partial charge in [-0.2, -0.15) is 0 Å². The van der Waals surface area contributed by atoms with Crippen LogP contribution in [0.4, 0.5) is 0 Å². The van der Waals surface area contributed by atoms with Crippen LogP contribution in [-0.4, -0.2) is 69.2 Å². The molecule has 5 nitrogen and oxygen atoms in total. The molecular weight excluding hydrogens is 473 g/mol. The van der Waals surface area contributed by atoms with Crippen LogP contribution in [0.5, 0.6) is 0 Å². The summed E-state index contributed by atoms with van der Waals surface area (Å²) in [5, 5.41) is 3.89. The van der Waals surface area contributed by atoms with Gasteiger partial charge in [-0.15, -0.1) is 35.7 Å². The van der Waals surface area contributed by atoms with Gasteiger partial charge >= 0.3 is 0 Å². The molecule has 1 aromatic rings. The van der Waals surface area contributed by atoms with Crippen molar-refractivity contribution in [1.29, 1.82) is 0 Å². The summed E-state index contributed by atoms with van der Waals surface area (Å²) in [5.41, 5.74) is 0. The van der Waals surface area contributed by atoms with E-state index in [0.29, 0.717) is 24.4 Å². The summed E-state index contributed by atoms with van der Waals surface area (Å²) in [6.45, 7) is 10.3. The lowest BCUT2D eigenvalue weighted by molar-refractivity contribution is 0.0536. The number of hydrogen-bond acceptors (Lipinski definition) is 4. The normalized spacial score (nSPS) is 18.3. The second-order valence-electron chi connectivity index (χ2n) is 6.60. The number of nitrogens with one attached hydrogen (secondary N) is 1. The molecule has 154 valence electrons. The lowest BCUT2D eigenvalue weighted by atomic mass is 10.1. The predicted molar refractivity (Wildman–Crippen MR) is 126 cm³/mol. The van der Waals surface area contributed by atoms with Gasteiger partial charge in [0, 0.05) is 42.8 Å². The van der Waals surface area contributed by atoms with Crippen molar-refractivity contribution in [2.24, 2.45) is 10.9 Å². The summed E-state index contributed by atoms with van der Waals surface area (Å²) in [7, 11) is 1.71. The topological polar surface area (TPSA) is 46.1 Å². The van der Waals surface area contributed by atoms with Crippen molar-refractivity contribution in [3.8, 4) is 0 Å². The average Bonchev–Trinajstić information content (AvgIpc) is 3.12. The van der Waals surface area contributed by atoms with Crippen LogP contribution in [0.3, 0.4) is 0 Å². The number of likely N-dealkylation sites (tertiary alicyclic amines) is 1. The predicted octanol–water partition coefficient (Wildman–Crippen LogP) is 3.74. The molecule has 0 aromatic heterocycles. The molecule has 1 N–H and O–H groups in total. The lowest BCUT2D eigenvalue weighted by Crippen LogP contribution is -2.40. The third-order valence-electron chi connectivity index (χ3n) is 4.28.